The number of urea groups is 1. The molecule has 0 atom stereocenters. The van der Waals surface area contributed by atoms with Gasteiger partial charge in [0.05, 0.1) is 0 Å². The number of hydrogen-bond acceptors (Lipinski definition) is 2. The van der Waals surface area contributed by atoms with E-state index in [-0.39, 0.29) is 6.03 Å². The van der Waals surface area contributed by atoms with E-state index in [4.69, 9.17) is 5.73 Å². The van der Waals surface area contributed by atoms with Gasteiger partial charge in [-0.1, -0.05) is 45.4 Å². The molecular formula is C16H27N3O. The predicted octanol–water partition coefficient (Wildman–Crippen LogP) is 4.14. The molecule has 0 aliphatic carbocycles. The minimum Gasteiger partial charge on any atom is -0.399 e. The molecule has 20 heavy (non-hydrogen) atoms. The first-order chi connectivity index (χ1) is 9.72. The van der Waals surface area contributed by atoms with E-state index in [1.807, 2.05) is 0 Å². The van der Waals surface area contributed by atoms with Gasteiger partial charge in [-0.15, -0.1) is 0 Å². The Bertz CT molecular complexity index is 376. The molecule has 4 nitrogen and oxygen atoms in total. The van der Waals surface area contributed by atoms with Crippen LogP contribution >= 0.6 is 0 Å². The van der Waals surface area contributed by atoms with Gasteiger partial charge in [0.15, 0.2) is 0 Å². The lowest BCUT2D eigenvalue weighted by Gasteiger charge is -2.07. The second kappa shape index (κ2) is 10.1. The van der Waals surface area contributed by atoms with Crippen molar-refractivity contribution in [2.75, 3.05) is 17.6 Å². The predicted molar refractivity (Wildman–Crippen MR) is 85.9 cm³/mol. The quantitative estimate of drug-likeness (QED) is 0.469. The molecule has 2 amide bonds. The normalized spacial score (nSPS) is 10.2. The highest BCUT2D eigenvalue weighted by Crippen LogP contribution is 2.10. The van der Waals surface area contributed by atoms with Crippen LogP contribution in [0.3, 0.4) is 0 Å². The summed E-state index contributed by atoms with van der Waals surface area (Å²) in [7, 11) is 0. The standard InChI is InChI=1S/C16H27N3O/c1-2-3-4-5-6-7-8-13-18-16(20)19-15-11-9-14(17)10-12-15/h9-12H,2-8,13,17H2,1H3,(H2,18,19,20). The van der Waals surface area contributed by atoms with E-state index in [2.05, 4.69) is 17.6 Å². The van der Waals surface area contributed by atoms with Crippen molar-refractivity contribution in [2.45, 2.75) is 51.9 Å². The van der Waals surface area contributed by atoms with Crippen molar-refractivity contribution in [3.05, 3.63) is 24.3 Å². The molecule has 0 spiro atoms. The summed E-state index contributed by atoms with van der Waals surface area (Å²) in [6.45, 7) is 2.96. The molecule has 0 fully saturated rings. The minimum atomic E-state index is -0.152. The molecular weight excluding hydrogens is 250 g/mol. The van der Waals surface area contributed by atoms with E-state index in [0.29, 0.717) is 5.69 Å². The highest BCUT2D eigenvalue weighted by molar-refractivity contribution is 5.89. The smallest absolute Gasteiger partial charge is 0.319 e. The number of nitrogens with two attached hydrogens (primary N) is 1. The second-order valence-electron chi connectivity index (χ2n) is 5.12. The Morgan fingerprint density at radius 2 is 1.60 bits per heavy atom. The molecule has 0 saturated heterocycles. The van der Waals surface area contributed by atoms with Crippen LogP contribution in [0.2, 0.25) is 0 Å². The van der Waals surface area contributed by atoms with Gasteiger partial charge in [0.25, 0.3) is 0 Å². The van der Waals surface area contributed by atoms with Gasteiger partial charge in [0.2, 0.25) is 0 Å². The number of unbranched alkanes of at least 4 members (excludes halogenated alkanes) is 6. The maximum Gasteiger partial charge on any atom is 0.319 e. The van der Waals surface area contributed by atoms with Crippen molar-refractivity contribution in [1.29, 1.82) is 0 Å². The summed E-state index contributed by atoms with van der Waals surface area (Å²) < 4.78 is 0. The number of amides is 2. The monoisotopic (exact) mass is 277 g/mol. The van der Waals surface area contributed by atoms with Crippen molar-refractivity contribution < 1.29 is 4.79 Å². The lowest BCUT2D eigenvalue weighted by atomic mass is 10.1. The third kappa shape index (κ3) is 7.67. The largest absolute Gasteiger partial charge is 0.399 e. The van der Waals surface area contributed by atoms with Crippen molar-refractivity contribution in [3.8, 4) is 0 Å². The van der Waals surface area contributed by atoms with Gasteiger partial charge in [0.1, 0.15) is 0 Å². The van der Waals surface area contributed by atoms with Gasteiger partial charge >= 0.3 is 6.03 Å². The Labute approximate surface area is 122 Å². The van der Waals surface area contributed by atoms with Crippen molar-refractivity contribution in [1.82, 2.24) is 5.32 Å². The van der Waals surface area contributed by atoms with E-state index in [1.165, 1.54) is 38.5 Å². The summed E-state index contributed by atoms with van der Waals surface area (Å²) in [5.74, 6) is 0. The summed E-state index contributed by atoms with van der Waals surface area (Å²) in [5, 5.41) is 5.65. The summed E-state index contributed by atoms with van der Waals surface area (Å²) in [6, 6.07) is 6.98. The number of nitrogens with one attached hydrogen (secondary N) is 2. The Hall–Kier alpha value is -1.71. The number of carbonyl (C=O) groups is 1. The lowest BCUT2D eigenvalue weighted by molar-refractivity contribution is 0.252. The first-order valence-corrected chi connectivity index (χ1v) is 7.62. The molecule has 0 aliphatic rings. The molecule has 4 N–H and O–H groups in total. The van der Waals surface area contributed by atoms with Crippen molar-refractivity contribution >= 4 is 17.4 Å². The zero-order valence-electron chi connectivity index (χ0n) is 12.5. The maximum absolute atomic E-state index is 11.6. The number of rotatable bonds is 9. The van der Waals surface area contributed by atoms with Gasteiger partial charge < -0.3 is 16.4 Å². The molecule has 0 aromatic heterocycles. The zero-order chi connectivity index (χ0) is 14.6. The number of benzene rings is 1. The third-order valence-electron chi connectivity index (χ3n) is 3.23. The van der Waals surface area contributed by atoms with Crippen LogP contribution in [-0.2, 0) is 0 Å². The Morgan fingerprint density at radius 3 is 2.25 bits per heavy atom. The van der Waals surface area contributed by atoms with Gasteiger partial charge in [-0.2, -0.15) is 0 Å². The van der Waals surface area contributed by atoms with E-state index in [0.717, 1.165) is 18.7 Å². The molecule has 0 bridgehead atoms. The zero-order valence-corrected chi connectivity index (χ0v) is 12.5. The third-order valence-corrected chi connectivity index (χ3v) is 3.23. The summed E-state index contributed by atoms with van der Waals surface area (Å²) >= 11 is 0. The van der Waals surface area contributed by atoms with Crippen LogP contribution in [0.5, 0.6) is 0 Å². The Morgan fingerprint density at radius 1 is 1.00 bits per heavy atom. The average molecular weight is 277 g/mol. The molecule has 1 aromatic carbocycles. The summed E-state index contributed by atoms with van der Waals surface area (Å²) in [4.78, 5) is 11.6. The van der Waals surface area contributed by atoms with Crippen LogP contribution in [0.4, 0.5) is 16.2 Å². The fourth-order valence-electron chi connectivity index (χ4n) is 2.03. The molecule has 0 saturated carbocycles. The fourth-order valence-corrected chi connectivity index (χ4v) is 2.03. The second-order valence-corrected chi connectivity index (χ2v) is 5.12. The molecule has 0 heterocycles. The Balaban J connectivity index is 2.01. The fraction of sp³-hybridized carbons (Fsp3) is 0.562. The van der Waals surface area contributed by atoms with Crippen LogP contribution in [0.15, 0.2) is 24.3 Å². The van der Waals surface area contributed by atoms with E-state index in [1.54, 1.807) is 24.3 Å². The number of hydrogen-bond donors (Lipinski definition) is 3. The molecule has 0 aliphatic heterocycles. The lowest BCUT2D eigenvalue weighted by Crippen LogP contribution is -2.29. The summed E-state index contributed by atoms with van der Waals surface area (Å²) in [6.07, 6.45) is 8.76. The van der Waals surface area contributed by atoms with Crippen molar-refractivity contribution in [3.63, 3.8) is 0 Å². The molecule has 1 aromatic rings. The van der Waals surface area contributed by atoms with Crippen LogP contribution in [0.25, 0.3) is 0 Å². The van der Waals surface area contributed by atoms with Crippen LogP contribution in [0, 0.1) is 0 Å². The average Bonchev–Trinajstić information content (AvgIpc) is 2.44. The van der Waals surface area contributed by atoms with E-state index >= 15 is 0 Å². The molecule has 4 heteroatoms. The first-order valence-electron chi connectivity index (χ1n) is 7.62. The van der Waals surface area contributed by atoms with Gasteiger partial charge in [0, 0.05) is 17.9 Å². The van der Waals surface area contributed by atoms with Crippen LogP contribution in [0.1, 0.15) is 51.9 Å². The number of carbonyl (C=O) groups excluding carboxylic acids is 1. The highest BCUT2D eigenvalue weighted by atomic mass is 16.2. The molecule has 1 rings (SSSR count). The summed E-state index contributed by atoms with van der Waals surface area (Å²) in [5.41, 5.74) is 7.04. The van der Waals surface area contributed by atoms with Gasteiger partial charge in [-0.3, -0.25) is 0 Å². The van der Waals surface area contributed by atoms with Crippen LogP contribution < -0.4 is 16.4 Å². The van der Waals surface area contributed by atoms with Gasteiger partial charge in [-0.05, 0) is 30.7 Å². The number of anilines is 2. The first kappa shape index (κ1) is 16.3. The minimum absolute atomic E-state index is 0.152. The van der Waals surface area contributed by atoms with Gasteiger partial charge in [-0.25, -0.2) is 4.79 Å². The molecule has 0 unspecified atom stereocenters. The van der Waals surface area contributed by atoms with E-state index < -0.39 is 0 Å². The molecule has 112 valence electrons. The van der Waals surface area contributed by atoms with E-state index in [9.17, 15) is 4.79 Å². The van der Waals surface area contributed by atoms with Crippen molar-refractivity contribution in [2.24, 2.45) is 0 Å². The molecule has 0 radical (unpaired) electrons. The highest BCUT2D eigenvalue weighted by Gasteiger charge is 2.00. The van der Waals surface area contributed by atoms with Crippen LogP contribution in [-0.4, -0.2) is 12.6 Å². The topological polar surface area (TPSA) is 67.2 Å². The SMILES string of the molecule is CCCCCCCCCNC(=O)Nc1ccc(N)cc1. The number of nitrogen functional groups attached to an aromatic ring is 1. The Kier molecular flexibility index (Phi) is 8.27. The maximum atomic E-state index is 11.6.